The van der Waals surface area contributed by atoms with Crippen LogP contribution in [0.2, 0.25) is 0 Å². The number of nitrogens with zero attached hydrogens (tertiary/aromatic N) is 3. The van der Waals surface area contributed by atoms with Crippen molar-refractivity contribution < 1.29 is 4.79 Å². The summed E-state index contributed by atoms with van der Waals surface area (Å²) in [6.07, 6.45) is 2.37. The van der Waals surface area contributed by atoms with E-state index in [4.69, 9.17) is 5.26 Å². The average molecular weight is 283 g/mol. The molecule has 108 valence electrons. The number of rotatable bonds is 2. The van der Waals surface area contributed by atoms with E-state index in [2.05, 4.69) is 20.6 Å². The smallest absolute Gasteiger partial charge is 0.208 e. The van der Waals surface area contributed by atoms with Crippen LogP contribution >= 0.6 is 0 Å². The zero-order valence-corrected chi connectivity index (χ0v) is 12.1. The lowest BCUT2D eigenvalue weighted by molar-refractivity contribution is -0.118. The summed E-state index contributed by atoms with van der Waals surface area (Å²) in [5.41, 5.74) is 2.81. The van der Waals surface area contributed by atoms with Crippen LogP contribution in [0.5, 0.6) is 0 Å². The number of nitrogens with one attached hydrogen (secondary N) is 2. The van der Waals surface area contributed by atoms with Crippen LogP contribution < -0.4 is 10.6 Å². The maximum atomic E-state index is 11.4. The van der Waals surface area contributed by atoms with Gasteiger partial charge in [0, 0.05) is 30.8 Å². The van der Waals surface area contributed by atoms with Crippen LogP contribution in [-0.4, -0.2) is 31.0 Å². The zero-order chi connectivity index (χ0) is 15.2. The fourth-order valence-corrected chi connectivity index (χ4v) is 2.26. The first kappa shape index (κ1) is 14.7. The van der Waals surface area contributed by atoms with Crippen molar-refractivity contribution in [2.24, 2.45) is 15.9 Å². The van der Waals surface area contributed by atoms with Crippen molar-refractivity contribution in [2.45, 2.75) is 13.3 Å². The largest absolute Gasteiger partial charge is 0.326 e. The standard InChI is InChI=1S/C15H17N5O/c1-10-7-13(21)8-18-14(10)11-3-5-12(6-4-11)20-15(17-2)19-9-16/h3-6,10H,7-8H2,1-2H3,(H2,17,19,20). The lowest BCUT2D eigenvalue weighted by atomic mass is 9.91. The second-order valence-electron chi connectivity index (χ2n) is 4.86. The third kappa shape index (κ3) is 3.66. The number of nitriles is 1. The molecular weight excluding hydrogens is 266 g/mol. The van der Waals surface area contributed by atoms with Crippen molar-refractivity contribution in [3.8, 4) is 6.19 Å². The van der Waals surface area contributed by atoms with Crippen molar-refractivity contribution in [1.82, 2.24) is 5.32 Å². The highest BCUT2D eigenvalue weighted by Gasteiger charge is 2.21. The topological polar surface area (TPSA) is 89.6 Å². The molecule has 1 aliphatic heterocycles. The Morgan fingerprint density at radius 3 is 2.71 bits per heavy atom. The number of Topliss-reactive ketones (excluding diaryl/α,β-unsaturated/α-hetero) is 1. The average Bonchev–Trinajstić information content (AvgIpc) is 2.48. The Bertz CT molecular complexity index is 624. The van der Waals surface area contributed by atoms with Gasteiger partial charge >= 0.3 is 0 Å². The van der Waals surface area contributed by atoms with Crippen LogP contribution in [0.1, 0.15) is 18.9 Å². The highest BCUT2D eigenvalue weighted by Crippen LogP contribution is 2.19. The number of carbonyl (C=O) groups excluding carboxylic acids is 1. The lowest BCUT2D eigenvalue weighted by Gasteiger charge is -2.19. The van der Waals surface area contributed by atoms with Gasteiger partial charge in [0.25, 0.3) is 0 Å². The molecule has 0 saturated heterocycles. The van der Waals surface area contributed by atoms with Gasteiger partial charge in [-0.25, -0.2) is 0 Å². The molecule has 21 heavy (non-hydrogen) atoms. The Morgan fingerprint density at radius 1 is 1.43 bits per heavy atom. The maximum absolute atomic E-state index is 11.4. The number of hydrogen-bond acceptors (Lipinski definition) is 4. The van der Waals surface area contributed by atoms with Gasteiger partial charge in [0.05, 0.1) is 6.54 Å². The Labute approximate surface area is 123 Å². The summed E-state index contributed by atoms with van der Waals surface area (Å²) < 4.78 is 0. The van der Waals surface area contributed by atoms with Gasteiger partial charge in [-0.1, -0.05) is 19.1 Å². The third-order valence-corrected chi connectivity index (χ3v) is 3.27. The Kier molecular flexibility index (Phi) is 4.67. The lowest BCUT2D eigenvalue weighted by Crippen LogP contribution is -2.26. The maximum Gasteiger partial charge on any atom is 0.208 e. The first-order chi connectivity index (χ1) is 10.1. The van der Waals surface area contributed by atoms with Gasteiger partial charge < -0.3 is 5.32 Å². The van der Waals surface area contributed by atoms with Gasteiger partial charge in [0.2, 0.25) is 5.96 Å². The molecular formula is C15H17N5O. The van der Waals surface area contributed by atoms with E-state index in [0.29, 0.717) is 12.4 Å². The molecule has 0 aliphatic carbocycles. The molecule has 6 nitrogen and oxygen atoms in total. The number of guanidine groups is 1. The van der Waals surface area contributed by atoms with E-state index in [9.17, 15) is 4.79 Å². The highest BCUT2D eigenvalue weighted by molar-refractivity contribution is 6.07. The van der Waals surface area contributed by atoms with E-state index in [1.54, 1.807) is 7.05 Å². The summed E-state index contributed by atoms with van der Waals surface area (Å²) in [7, 11) is 1.59. The molecule has 2 N–H and O–H groups in total. The second kappa shape index (κ2) is 6.66. The van der Waals surface area contributed by atoms with Gasteiger partial charge in [-0.2, -0.15) is 5.26 Å². The molecule has 0 aromatic heterocycles. The molecule has 1 atom stereocenters. The fraction of sp³-hybridized carbons (Fsp3) is 0.333. The van der Waals surface area contributed by atoms with Crippen LogP contribution in [0, 0.1) is 17.4 Å². The molecule has 1 aliphatic rings. The van der Waals surface area contributed by atoms with E-state index in [1.807, 2.05) is 37.4 Å². The van der Waals surface area contributed by atoms with E-state index in [0.717, 1.165) is 17.0 Å². The van der Waals surface area contributed by atoms with Gasteiger partial charge in [0.15, 0.2) is 12.0 Å². The minimum absolute atomic E-state index is 0.151. The quantitative estimate of drug-likeness (QED) is 0.373. The summed E-state index contributed by atoms with van der Waals surface area (Å²) in [4.78, 5) is 19.6. The molecule has 0 spiro atoms. The van der Waals surface area contributed by atoms with Gasteiger partial charge in [-0.3, -0.25) is 20.1 Å². The predicted octanol–water partition coefficient (Wildman–Crippen LogP) is 1.55. The molecule has 1 unspecified atom stereocenters. The molecule has 0 bridgehead atoms. The van der Waals surface area contributed by atoms with Crippen molar-refractivity contribution in [3.05, 3.63) is 29.8 Å². The molecule has 1 aromatic carbocycles. The SMILES string of the molecule is CN=C(NC#N)Nc1ccc(C2=NCC(=O)CC2C)cc1. The molecule has 0 fully saturated rings. The summed E-state index contributed by atoms with van der Waals surface area (Å²) in [6, 6.07) is 7.69. The van der Waals surface area contributed by atoms with E-state index < -0.39 is 0 Å². The van der Waals surface area contributed by atoms with Gasteiger partial charge in [-0.05, 0) is 17.7 Å². The van der Waals surface area contributed by atoms with E-state index in [-0.39, 0.29) is 18.2 Å². The van der Waals surface area contributed by atoms with Crippen molar-refractivity contribution in [3.63, 3.8) is 0 Å². The monoisotopic (exact) mass is 283 g/mol. The summed E-state index contributed by atoms with van der Waals surface area (Å²) in [5.74, 6) is 0.730. The fourth-order valence-electron chi connectivity index (χ4n) is 2.26. The van der Waals surface area contributed by atoms with E-state index >= 15 is 0 Å². The highest BCUT2D eigenvalue weighted by atomic mass is 16.1. The Hall–Kier alpha value is -2.68. The van der Waals surface area contributed by atoms with E-state index in [1.165, 1.54) is 0 Å². The second-order valence-corrected chi connectivity index (χ2v) is 4.86. The Balaban J connectivity index is 2.13. The number of carbonyl (C=O) groups is 1. The number of benzene rings is 1. The van der Waals surface area contributed by atoms with Crippen molar-refractivity contribution in [2.75, 3.05) is 18.9 Å². The first-order valence-corrected chi connectivity index (χ1v) is 6.69. The van der Waals surface area contributed by atoms with Crippen LogP contribution in [-0.2, 0) is 4.79 Å². The molecule has 0 radical (unpaired) electrons. The first-order valence-electron chi connectivity index (χ1n) is 6.69. The van der Waals surface area contributed by atoms with Gasteiger partial charge in [0.1, 0.15) is 0 Å². The predicted molar refractivity (Wildman–Crippen MR) is 82.4 cm³/mol. The van der Waals surface area contributed by atoms with Crippen LogP contribution in [0.25, 0.3) is 0 Å². The normalized spacial score (nSPS) is 18.7. The number of aliphatic imine (C=N–C) groups is 2. The van der Waals surface area contributed by atoms with Crippen LogP contribution in [0.4, 0.5) is 5.69 Å². The molecule has 0 amide bonds. The Morgan fingerprint density at radius 2 is 2.14 bits per heavy atom. The summed E-state index contributed by atoms with van der Waals surface area (Å²) >= 11 is 0. The van der Waals surface area contributed by atoms with Crippen LogP contribution in [0.3, 0.4) is 0 Å². The summed E-state index contributed by atoms with van der Waals surface area (Å²) in [6.45, 7) is 2.29. The zero-order valence-electron chi connectivity index (χ0n) is 12.1. The van der Waals surface area contributed by atoms with Crippen LogP contribution in [0.15, 0.2) is 34.3 Å². The molecule has 1 heterocycles. The molecule has 6 heteroatoms. The minimum Gasteiger partial charge on any atom is -0.326 e. The minimum atomic E-state index is 0.151. The molecule has 2 rings (SSSR count). The number of hydrogen-bond donors (Lipinski definition) is 2. The van der Waals surface area contributed by atoms with Crippen molar-refractivity contribution in [1.29, 1.82) is 5.26 Å². The molecule has 1 aromatic rings. The van der Waals surface area contributed by atoms with Gasteiger partial charge in [-0.15, -0.1) is 0 Å². The molecule has 0 saturated carbocycles. The number of anilines is 1. The number of ketones is 1. The third-order valence-electron chi connectivity index (χ3n) is 3.27. The summed E-state index contributed by atoms with van der Waals surface area (Å²) in [5, 5.41) is 14.0. The van der Waals surface area contributed by atoms with Crippen molar-refractivity contribution >= 4 is 23.1 Å².